The van der Waals surface area contributed by atoms with E-state index in [1.54, 1.807) is 6.07 Å². The maximum atomic E-state index is 12.2. The minimum Gasteiger partial charge on any atom is -0.404 e. The molecule has 0 aromatic heterocycles. The molecule has 1 aliphatic rings. The molecule has 6 heteroatoms. The highest BCUT2D eigenvalue weighted by Gasteiger charge is 2.32. The van der Waals surface area contributed by atoms with Crippen LogP contribution in [0.3, 0.4) is 0 Å². The molecule has 3 nitrogen and oxygen atoms in total. The van der Waals surface area contributed by atoms with Crippen molar-refractivity contribution in [1.82, 2.24) is 0 Å². The first-order valence-corrected chi connectivity index (χ1v) is 6.11. The molecule has 0 atom stereocenters. The van der Waals surface area contributed by atoms with Crippen LogP contribution < -0.4 is 10.1 Å². The Bertz CT molecular complexity index is 453. The summed E-state index contributed by atoms with van der Waals surface area (Å²) < 4.78 is 40.6. The van der Waals surface area contributed by atoms with Gasteiger partial charge in [-0.15, -0.1) is 13.2 Å². The first-order valence-electron chi connectivity index (χ1n) is 6.11. The summed E-state index contributed by atoms with van der Waals surface area (Å²) in [6.07, 6.45) is -1.23. The number of carbonyl (C=O) groups excluding carboxylic acids is 1. The molecule has 1 N–H and O–H groups in total. The largest absolute Gasteiger partial charge is 0.573 e. The molecular weight excluding hydrogens is 259 g/mol. The fourth-order valence-corrected chi connectivity index (χ4v) is 2.21. The van der Waals surface area contributed by atoms with Crippen LogP contribution in [0.1, 0.15) is 25.7 Å². The standard InChI is InChI=1S/C13H14F3NO2/c14-13(15,16)19-11-8-4-3-7-10(11)17-12(18)9-5-1-2-6-9/h3-4,7-9H,1-2,5-6H2,(H,17,18). The summed E-state index contributed by atoms with van der Waals surface area (Å²) in [7, 11) is 0. The molecule has 1 saturated carbocycles. The first kappa shape index (κ1) is 13.7. The Hall–Kier alpha value is -1.72. The molecule has 1 aromatic rings. The number of hydrogen-bond donors (Lipinski definition) is 1. The zero-order valence-corrected chi connectivity index (χ0v) is 10.2. The van der Waals surface area contributed by atoms with Crippen molar-refractivity contribution in [3.05, 3.63) is 24.3 Å². The minimum atomic E-state index is -4.77. The van der Waals surface area contributed by atoms with Crippen molar-refractivity contribution in [3.8, 4) is 5.75 Å². The monoisotopic (exact) mass is 273 g/mol. The van der Waals surface area contributed by atoms with Crippen LogP contribution in [-0.2, 0) is 4.79 Å². The lowest BCUT2D eigenvalue weighted by Crippen LogP contribution is -2.22. The minimum absolute atomic E-state index is 0.0525. The summed E-state index contributed by atoms with van der Waals surface area (Å²) in [5.74, 6) is -0.740. The van der Waals surface area contributed by atoms with Gasteiger partial charge in [0.1, 0.15) is 0 Å². The summed E-state index contributed by atoms with van der Waals surface area (Å²) in [6, 6.07) is 5.55. The fourth-order valence-electron chi connectivity index (χ4n) is 2.21. The summed E-state index contributed by atoms with van der Waals surface area (Å²) >= 11 is 0. The van der Waals surface area contributed by atoms with E-state index < -0.39 is 6.36 Å². The van der Waals surface area contributed by atoms with Gasteiger partial charge in [-0.25, -0.2) is 0 Å². The zero-order valence-electron chi connectivity index (χ0n) is 10.2. The van der Waals surface area contributed by atoms with Crippen LogP contribution in [0.5, 0.6) is 5.75 Å². The number of nitrogens with one attached hydrogen (secondary N) is 1. The molecule has 0 bridgehead atoms. The maximum absolute atomic E-state index is 12.2. The molecule has 2 rings (SSSR count). The van der Waals surface area contributed by atoms with Gasteiger partial charge in [-0.3, -0.25) is 4.79 Å². The summed E-state index contributed by atoms with van der Waals surface area (Å²) in [6.45, 7) is 0. The van der Waals surface area contributed by atoms with Gasteiger partial charge in [0.2, 0.25) is 5.91 Å². The maximum Gasteiger partial charge on any atom is 0.573 e. The summed E-state index contributed by atoms with van der Waals surface area (Å²) in [4.78, 5) is 11.9. The van der Waals surface area contributed by atoms with E-state index >= 15 is 0 Å². The van der Waals surface area contributed by atoms with Crippen LogP contribution in [0.25, 0.3) is 0 Å². The molecule has 1 aromatic carbocycles. The Morgan fingerprint density at radius 3 is 2.47 bits per heavy atom. The number of alkyl halides is 3. The average Bonchev–Trinajstić information content (AvgIpc) is 2.83. The molecule has 1 amide bonds. The van der Waals surface area contributed by atoms with Gasteiger partial charge in [-0.2, -0.15) is 0 Å². The number of para-hydroxylation sites is 2. The molecule has 1 fully saturated rings. The van der Waals surface area contributed by atoms with E-state index in [9.17, 15) is 18.0 Å². The number of amides is 1. The molecule has 104 valence electrons. The van der Waals surface area contributed by atoms with Gasteiger partial charge >= 0.3 is 6.36 Å². The van der Waals surface area contributed by atoms with E-state index in [1.807, 2.05) is 0 Å². The van der Waals surface area contributed by atoms with Crippen molar-refractivity contribution < 1.29 is 22.7 Å². The average molecular weight is 273 g/mol. The third kappa shape index (κ3) is 3.87. The van der Waals surface area contributed by atoms with Crippen LogP contribution in [0.4, 0.5) is 18.9 Å². The van der Waals surface area contributed by atoms with Gasteiger partial charge in [-0.1, -0.05) is 25.0 Å². The number of halogens is 3. The smallest absolute Gasteiger partial charge is 0.404 e. The predicted octanol–water partition coefficient (Wildman–Crippen LogP) is 3.71. The van der Waals surface area contributed by atoms with E-state index in [0.717, 1.165) is 25.7 Å². The topological polar surface area (TPSA) is 38.3 Å². The van der Waals surface area contributed by atoms with E-state index in [4.69, 9.17) is 0 Å². The van der Waals surface area contributed by atoms with Crippen LogP contribution in [0, 0.1) is 5.92 Å². The van der Waals surface area contributed by atoms with Crippen LogP contribution in [0.15, 0.2) is 24.3 Å². The van der Waals surface area contributed by atoms with E-state index in [1.165, 1.54) is 18.2 Å². The van der Waals surface area contributed by atoms with Gasteiger partial charge in [-0.05, 0) is 25.0 Å². The molecule has 1 aliphatic carbocycles. The van der Waals surface area contributed by atoms with Crippen LogP contribution in [0.2, 0.25) is 0 Å². The SMILES string of the molecule is O=C(Nc1ccccc1OC(F)(F)F)C1CCCC1. The Morgan fingerprint density at radius 2 is 1.84 bits per heavy atom. The van der Waals surface area contributed by atoms with Gasteiger partial charge in [0.05, 0.1) is 5.69 Å². The highest BCUT2D eigenvalue weighted by Crippen LogP contribution is 2.32. The molecule has 0 heterocycles. The highest BCUT2D eigenvalue weighted by atomic mass is 19.4. The third-order valence-electron chi connectivity index (χ3n) is 3.10. The molecule has 0 saturated heterocycles. The lowest BCUT2D eigenvalue weighted by molar-refractivity contribution is -0.274. The van der Waals surface area contributed by atoms with E-state index in [2.05, 4.69) is 10.1 Å². The molecule has 0 unspecified atom stereocenters. The lowest BCUT2D eigenvalue weighted by atomic mass is 10.1. The first-order chi connectivity index (χ1) is 8.96. The second kappa shape index (κ2) is 5.50. The van der Waals surface area contributed by atoms with Gasteiger partial charge in [0, 0.05) is 5.92 Å². The van der Waals surface area contributed by atoms with Crippen LogP contribution in [-0.4, -0.2) is 12.3 Å². The third-order valence-corrected chi connectivity index (χ3v) is 3.10. The van der Waals surface area contributed by atoms with Crippen molar-refractivity contribution in [1.29, 1.82) is 0 Å². The van der Waals surface area contributed by atoms with E-state index in [0.29, 0.717) is 0 Å². The van der Waals surface area contributed by atoms with Crippen molar-refractivity contribution in [3.63, 3.8) is 0 Å². The molecular formula is C13H14F3NO2. The number of rotatable bonds is 3. The van der Waals surface area contributed by atoms with Crippen molar-refractivity contribution in [2.45, 2.75) is 32.0 Å². The van der Waals surface area contributed by atoms with Gasteiger partial charge < -0.3 is 10.1 Å². The number of hydrogen-bond acceptors (Lipinski definition) is 2. The van der Waals surface area contributed by atoms with Gasteiger partial charge in [0.25, 0.3) is 0 Å². The van der Waals surface area contributed by atoms with Gasteiger partial charge in [0.15, 0.2) is 5.75 Å². The fraction of sp³-hybridized carbons (Fsp3) is 0.462. The quantitative estimate of drug-likeness (QED) is 0.911. The van der Waals surface area contributed by atoms with E-state index in [-0.39, 0.29) is 23.3 Å². The summed E-state index contributed by atoms with van der Waals surface area (Å²) in [5.41, 5.74) is 0.0525. The molecule has 0 radical (unpaired) electrons. The molecule has 0 aliphatic heterocycles. The Balaban J connectivity index is 2.09. The second-order valence-electron chi connectivity index (χ2n) is 4.51. The Morgan fingerprint density at radius 1 is 1.21 bits per heavy atom. The normalized spacial score (nSPS) is 16.4. The predicted molar refractivity (Wildman–Crippen MR) is 63.7 cm³/mol. The zero-order chi connectivity index (χ0) is 13.9. The Kier molecular flexibility index (Phi) is 3.97. The second-order valence-corrected chi connectivity index (χ2v) is 4.51. The number of benzene rings is 1. The number of carbonyl (C=O) groups is 1. The molecule has 0 spiro atoms. The summed E-state index contributed by atoms with van der Waals surface area (Å²) in [5, 5.41) is 2.51. The van der Waals surface area contributed by atoms with Crippen molar-refractivity contribution >= 4 is 11.6 Å². The number of ether oxygens (including phenoxy) is 1. The highest BCUT2D eigenvalue weighted by molar-refractivity contribution is 5.94. The van der Waals surface area contributed by atoms with Crippen molar-refractivity contribution in [2.24, 2.45) is 5.92 Å². The van der Waals surface area contributed by atoms with Crippen LogP contribution >= 0.6 is 0 Å². The van der Waals surface area contributed by atoms with Crippen molar-refractivity contribution in [2.75, 3.05) is 5.32 Å². The Labute approximate surface area is 108 Å². The number of anilines is 1. The lowest BCUT2D eigenvalue weighted by Gasteiger charge is -2.15. The molecule has 19 heavy (non-hydrogen) atoms.